The molecular weight excluding hydrogens is 520 g/mol. The number of carbonyl (C=O) groups is 3. The number of hydrogen-bond acceptors (Lipinski definition) is 11. The van der Waals surface area contributed by atoms with E-state index in [1.54, 1.807) is 25.3 Å². The summed E-state index contributed by atoms with van der Waals surface area (Å²) in [6, 6.07) is 4.78. The van der Waals surface area contributed by atoms with Crippen molar-refractivity contribution in [3.05, 3.63) is 86.3 Å². The summed E-state index contributed by atoms with van der Waals surface area (Å²) in [4.78, 5) is 55.4. The van der Waals surface area contributed by atoms with Gasteiger partial charge >= 0.3 is 0 Å². The van der Waals surface area contributed by atoms with Crippen molar-refractivity contribution in [2.45, 2.75) is 46.1 Å². The number of ether oxygens (including phenoxy) is 1. The van der Waals surface area contributed by atoms with Crippen molar-refractivity contribution in [3.63, 3.8) is 0 Å². The lowest BCUT2D eigenvalue weighted by molar-refractivity contribution is -0.123. The van der Waals surface area contributed by atoms with Gasteiger partial charge in [0, 0.05) is 42.6 Å². The van der Waals surface area contributed by atoms with E-state index in [9.17, 15) is 29.4 Å². The molecule has 0 spiro atoms. The van der Waals surface area contributed by atoms with Crippen LogP contribution in [-0.2, 0) is 28.0 Å². The molecule has 12 heteroatoms. The van der Waals surface area contributed by atoms with E-state index in [4.69, 9.17) is 9.26 Å². The van der Waals surface area contributed by atoms with Crippen LogP contribution in [0.3, 0.4) is 0 Å². The minimum atomic E-state index is -1.59. The molecule has 5 rings (SSSR count). The SMILES string of the molecule is CC(=O)c1c(O)c(C)c(O)c2c1OC1=CC(=O)/C(=C(/C)NCCc3noc(Cn4ccccc4=O)n3)C(=O)[C@@]12C. The summed E-state index contributed by atoms with van der Waals surface area (Å²) in [6.45, 7) is 6.12. The highest BCUT2D eigenvalue weighted by atomic mass is 16.5. The lowest BCUT2D eigenvalue weighted by Gasteiger charge is -2.29. The third-order valence-electron chi connectivity index (χ3n) is 7.21. The molecule has 0 saturated carbocycles. The van der Waals surface area contributed by atoms with E-state index in [0.29, 0.717) is 17.9 Å². The number of allylic oxidation sites excluding steroid dienone is 4. The third kappa shape index (κ3) is 4.08. The molecule has 3 aromatic rings. The van der Waals surface area contributed by atoms with Crippen molar-refractivity contribution in [3.8, 4) is 17.2 Å². The van der Waals surface area contributed by atoms with Crippen LogP contribution in [0.4, 0.5) is 0 Å². The predicted molar refractivity (Wildman–Crippen MR) is 139 cm³/mol. The first-order chi connectivity index (χ1) is 18.9. The van der Waals surface area contributed by atoms with Gasteiger partial charge in [-0.3, -0.25) is 19.2 Å². The minimum absolute atomic E-state index is 0.0247. The van der Waals surface area contributed by atoms with E-state index in [2.05, 4.69) is 15.5 Å². The Kier molecular flexibility index (Phi) is 6.41. The number of fused-ring (bicyclic) bond motifs is 3. The van der Waals surface area contributed by atoms with Crippen molar-refractivity contribution in [2.24, 2.45) is 0 Å². The maximum atomic E-state index is 13.8. The molecule has 1 aromatic carbocycles. The van der Waals surface area contributed by atoms with E-state index in [-0.39, 0.29) is 64.1 Å². The van der Waals surface area contributed by atoms with Crippen LogP contribution in [0.25, 0.3) is 0 Å². The average molecular weight is 547 g/mol. The van der Waals surface area contributed by atoms with Crippen LogP contribution in [0.5, 0.6) is 17.2 Å². The topological polar surface area (TPSA) is 174 Å². The van der Waals surface area contributed by atoms with Gasteiger partial charge in [0.15, 0.2) is 23.2 Å². The lowest BCUT2D eigenvalue weighted by Crippen LogP contribution is -2.41. The summed E-state index contributed by atoms with van der Waals surface area (Å²) in [5.41, 5.74) is -1.75. The van der Waals surface area contributed by atoms with Crippen molar-refractivity contribution in [1.29, 1.82) is 0 Å². The third-order valence-corrected chi connectivity index (χ3v) is 7.21. The first kappa shape index (κ1) is 26.6. The van der Waals surface area contributed by atoms with Crippen molar-refractivity contribution in [2.75, 3.05) is 6.54 Å². The van der Waals surface area contributed by atoms with Gasteiger partial charge in [0.25, 0.3) is 5.56 Å². The van der Waals surface area contributed by atoms with Crippen LogP contribution in [0, 0.1) is 6.92 Å². The fourth-order valence-electron chi connectivity index (χ4n) is 5.01. The molecule has 3 heterocycles. The molecule has 0 saturated heterocycles. The van der Waals surface area contributed by atoms with Gasteiger partial charge in [0.05, 0.1) is 11.1 Å². The minimum Gasteiger partial charge on any atom is -0.507 e. The van der Waals surface area contributed by atoms with Crippen molar-refractivity contribution in [1.82, 2.24) is 20.0 Å². The number of rotatable bonds is 7. The first-order valence-electron chi connectivity index (χ1n) is 12.5. The van der Waals surface area contributed by atoms with Crippen LogP contribution in [0.1, 0.15) is 54.0 Å². The molecule has 0 fully saturated rings. The normalized spacial score (nSPS) is 19.1. The highest BCUT2D eigenvalue weighted by Crippen LogP contribution is 2.57. The molecule has 0 amide bonds. The number of pyridine rings is 1. The van der Waals surface area contributed by atoms with Gasteiger partial charge in [0.1, 0.15) is 40.5 Å². The van der Waals surface area contributed by atoms with Crippen LogP contribution < -0.4 is 15.6 Å². The summed E-state index contributed by atoms with van der Waals surface area (Å²) in [5.74, 6) is -2.12. The van der Waals surface area contributed by atoms with E-state index in [1.807, 2.05) is 0 Å². The summed E-state index contributed by atoms with van der Waals surface area (Å²) >= 11 is 0. The molecule has 2 aromatic heterocycles. The van der Waals surface area contributed by atoms with Gasteiger partial charge in [-0.25, -0.2) is 0 Å². The smallest absolute Gasteiger partial charge is 0.250 e. The summed E-state index contributed by atoms with van der Waals surface area (Å²) < 4.78 is 12.4. The number of carbonyl (C=O) groups excluding carboxylic acids is 3. The highest BCUT2D eigenvalue weighted by molar-refractivity contribution is 6.31. The Bertz CT molecular complexity index is 1730. The standard InChI is InChI=1S/C28H26N4O8/c1-13-24(36)22(15(3)33)26-23(25(13)37)28(4)17(39-26)11-16(34)21(27(28)38)14(2)29-9-8-18-30-19(40-31-18)12-32-10-6-5-7-20(32)35/h5-7,10-11,29,36-37H,8-9,12H2,1-4H3/b21-14+/t28-/m0/s1. The highest BCUT2D eigenvalue weighted by Gasteiger charge is 2.56. The second kappa shape index (κ2) is 9.63. The number of aromatic nitrogens is 3. The van der Waals surface area contributed by atoms with Crippen molar-refractivity contribution < 1.29 is 33.9 Å². The Morgan fingerprint density at radius 1 is 1.15 bits per heavy atom. The molecule has 12 nitrogen and oxygen atoms in total. The van der Waals surface area contributed by atoms with E-state index >= 15 is 0 Å². The molecule has 206 valence electrons. The maximum Gasteiger partial charge on any atom is 0.250 e. The van der Waals surface area contributed by atoms with Gasteiger partial charge in [-0.2, -0.15) is 4.98 Å². The fraction of sp³-hybridized carbons (Fsp3) is 0.286. The summed E-state index contributed by atoms with van der Waals surface area (Å²) in [5, 5.41) is 28.4. The second-order valence-electron chi connectivity index (χ2n) is 9.83. The summed E-state index contributed by atoms with van der Waals surface area (Å²) in [6.07, 6.45) is 3.07. The van der Waals surface area contributed by atoms with Gasteiger partial charge in [-0.1, -0.05) is 11.2 Å². The van der Waals surface area contributed by atoms with E-state index < -0.39 is 28.5 Å². The Morgan fingerprint density at radius 2 is 1.90 bits per heavy atom. The molecule has 0 bridgehead atoms. The molecule has 0 unspecified atom stereocenters. The van der Waals surface area contributed by atoms with Crippen molar-refractivity contribution >= 4 is 17.3 Å². The number of benzene rings is 1. The van der Waals surface area contributed by atoms with E-state index in [1.165, 1.54) is 31.4 Å². The monoisotopic (exact) mass is 546 g/mol. The summed E-state index contributed by atoms with van der Waals surface area (Å²) in [7, 11) is 0. The molecule has 2 aliphatic rings. The Morgan fingerprint density at radius 3 is 2.60 bits per heavy atom. The maximum absolute atomic E-state index is 13.8. The van der Waals surface area contributed by atoms with Crippen LogP contribution in [0.2, 0.25) is 0 Å². The Labute approximate surface area is 227 Å². The van der Waals surface area contributed by atoms with Crippen LogP contribution in [0.15, 0.2) is 56.8 Å². The molecule has 1 aliphatic carbocycles. The predicted octanol–water partition coefficient (Wildman–Crippen LogP) is 1.99. The molecule has 1 atom stereocenters. The number of ketones is 3. The number of Topliss-reactive ketones (excluding diaryl/α,β-unsaturated/α-hetero) is 2. The quantitative estimate of drug-likeness (QED) is 0.225. The van der Waals surface area contributed by atoms with Crippen LogP contribution in [-0.4, -0.2) is 48.8 Å². The van der Waals surface area contributed by atoms with Gasteiger partial charge in [0.2, 0.25) is 5.89 Å². The average Bonchev–Trinajstić information content (AvgIpc) is 3.46. The molecular formula is C28H26N4O8. The van der Waals surface area contributed by atoms with Gasteiger partial charge in [-0.05, 0) is 33.8 Å². The molecule has 40 heavy (non-hydrogen) atoms. The number of nitrogens with zero attached hydrogens (tertiary/aromatic N) is 3. The fourth-order valence-corrected chi connectivity index (χ4v) is 5.01. The zero-order valence-electron chi connectivity index (χ0n) is 22.2. The van der Waals surface area contributed by atoms with E-state index in [0.717, 1.165) is 6.08 Å². The first-order valence-corrected chi connectivity index (χ1v) is 12.5. The Balaban J connectivity index is 1.38. The Hall–Kier alpha value is -5.00. The number of aromatic hydroxyl groups is 2. The van der Waals surface area contributed by atoms with Crippen LogP contribution >= 0.6 is 0 Å². The number of hydrogen-bond donors (Lipinski definition) is 3. The number of nitrogens with one attached hydrogen (secondary N) is 1. The number of phenolic OH excluding ortho intramolecular Hbond substituents is 2. The molecule has 3 N–H and O–H groups in total. The molecule has 0 radical (unpaired) electrons. The zero-order valence-corrected chi connectivity index (χ0v) is 22.2. The van der Waals surface area contributed by atoms with Gasteiger partial charge in [-0.15, -0.1) is 0 Å². The second-order valence-corrected chi connectivity index (χ2v) is 9.83. The molecule has 1 aliphatic heterocycles. The number of phenols is 2. The zero-order chi connectivity index (χ0) is 28.9. The van der Waals surface area contributed by atoms with Gasteiger partial charge < -0.3 is 29.4 Å². The largest absolute Gasteiger partial charge is 0.507 e. The lowest BCUT2D eigenvalue weighted by atomic mass is 9.70.